The lowest BCUT2D eigenvalue weighted by molar-refractivity contribution is 1.11. The van der Waals surface area contributed by atoms with E-state index in [0.717, 1.165) is 22.0 Å². The summed E-state index contributed by atoms with van der Waals surface area (Å²) in [6.45, 7) is 1.89. The van der Waals surface area contributed by atoms with Crippen LogP contribution in [0.5, 0.6) is 0 Å². The van der Waals surface area contributed by atoms with E-state index in [0.29, 0.717) is 0 Å². The van der Waals surface area contributed by atoms with E-state index < -0.39 is 0 Å². The Morgan fingerprint density at radius 2 is 1.95 bits per heavy atom. The number of nitrogens with zero attached hydrogens (tertiary/aromatic N) is 2. The monoisotopic (exact) mass is 264 g/mol. The van der Waals surface area contributed by atoms with Gasteiger partial charge in [0.05, 0.1) is 10.7 Å². The molecule has 0 atom stereocenters. The Hall–Kier alpha value is -2.18. The third-order valence-corrected chi connectivity index (χ3v) is 4.23. The average molecular weight is 264 g/mol. The van der Waals surface area contributed by atoms with Crippen LogP contribution in [0.3, 0.4) is 0 Å². The lowest BCUT2D eigenvalue weighted by Gasteiger charge is -2.04. The predicted molar refractivity (Wildman–Crippen MR) is 78.3 cm³/mol. The lowest BCUT2D eigenvalue weighted by atomic mass is 10.0. The fourth-order valence-electron chi connectivity index (χ4n) is 2.24. The molecule has 92 valence electrons. The average Bonchev–Trinajstić information content (AvgIpc) is 2.79. The number of nitriles is 1. The highest BCUT2D eigenvalue weighted by Gasteiger charge is 2.09. The summed E-state index contributed by atoms with van der Waals surface area (Å²) in [4.78, 5) is 5.20. The molecule has 3 rings (SSSR count). The van der Waals surface area contributed by atoms with Crippen LogP contribution in [0.15, 0.2) is 42.5 Å². The van der Waals surface area contributed by atoms with Crippen LogP contribution in [-0.4, -0.2) is 4.98 Å². The van der Waals surface area contributed by atoms with Crippen LogP contribution in [0, 0.1) is 18.3 Å². The number of rotatable bonds is 2. The summed E-state index contributed by atoms with van der Waals surface area (Å²) < 4.78 is 0. The van der Waals surface area contributed by atoms with Gasteiger partial charge in [0.15, 0.2) is 0 Å². The molecule has 1 aromatic heterocycles. The molecule has 2 aromatic carbocycles. The highest BCUT2D eigenvalue weighted by molar-refractivity contribution is 7.12. The second-order valence-electron chi connectivity index (χ2n) is 4.45. The molecule has 0 saturated carbocycles. The number of thiazole rings is 1. The molecule has 0 aliphatic heterocycles. The number of fused-ring (bicyclic) bond motifs is 1. The molecule has 0 N–H and O–H groups in total. The number of hydrogen-bond donors (Lipinski definition) is 0. The van der Waals surface area contributed by atoms with E-state index >= 15 is 0 Å². The lowest BCUT2D eigenvalue weighted by Crippen LogP contribution is -1.89. The summed E-state index contributed by atoms with van der Waals surface area (Å²) in [6, 6.07) is 16.9. The number of benzene rings is 2. The highest BCUT2D eigenvalue weighted by Crippen LogP contribution is 2.24. The van der Waals surface area contributed by atoms with Crippen LogP contribution in [0.25, 0.3) is 10.8 Å². The van der Waals surface area contributed by atoms with E-state index in [1.807, 2.05) is 13.0 Å². The number of aromatic nitrogens is 1. The van der Waals surface area contributed by atoms with Gasteiger partial charge in [-0.2, -0.15) is 5.26 Å². The van der Waals surface area contributed by atoms with Gasteiger partial charge in [0.1, 0.15) is 10.9 Å². The maximum atomic E-state index is 8.99. The molecule has 0 unspecified atom stereocenters. The Balaban J connectivity index is 2.03. The molecule has 0 aliphatic carbocycles. The van der Waals surface area contributed by atoms with Crippen molar-refractivity contribution in [2.75, 3.05) is 0 Å². The first-order valence-electron chi connectivity index (χ1n) is 6.11. The Bertz CT molecular complexity index is 776. The minimum absolute atomic E-state index is 0.718. The zero-order valence-electron chi connectivity index (χ0n) is 10.6. The van der Waals surface area contributed by atoms with Gasteiger partial charge in [-0.25, -0.2) is 4.98 Å². The largest absolute Gasteiger partial charge is 0.245 e. The van der Waals surface area contributed by atoms with Crippen molar-refractivity contribution in [3.63, 3.8) is 0 Å². The number of hydrogen-bond acceptors (Lipinski definition) is 3. The zero-order chi connectivity index (χ0) is 13.2. The van der Waals surface area contributed by atoms with E-state index in [4.69, 9.17) is 5.26 Å². The topological polar surface area (TPSA) is 36.7 Å². The Kier molecular flexibility index (Phi) is 3.02. The van der Waals surface area contributed by atoms with Gasteiger partial charge in [-0.1, -0.05) is 42.5 Å². The summed E-state index contributed by atoms with van der Waals surface area (Å²) in [5.41, 5.74) is 2.10. The van der Waals surface area contributed by atoms with Gasteiger partial charge in [-0.15, -0.1) is 11.3 Å². The molecular formula is C16H12N2S. The van der Waals surface area contributed by atoms with E-state index in [9.17, 15) is 0 Å². The third kappa shape index (κ3) is 2.23. The van der Waals surface area contributed by atoms with Crippen molar-refractivity contribution < 1.29 is 0 Å². The maximum absolute atomic E-state index is 8.99. The van der Waals surface area contributed by atoms with E-state index in [2.05, 4.69) is 47.5 Å². The first kappa shape index (κ1) is 11.9. The Morgan fingerprint density at radius 1 is 1.16 bits per heavy atom. The van der Waals surface area contributed by atoms with Gasteiger partial charge >= 0.3 is 0 Å². The summed E-state index contributed by atoms with van der Waals surface area (Å²) >= 11 is 1.49. The molecule has 0 spiro atoms. The van der Waals surface area contributed by atoms with Gasteiger partial charge in [0, 0.05) is 6.42 Å². The van der Waals surface area contributed by atoms with Crippen molar-refractivity contribution in [2.45, 2.75) is 13.3 Å². The highest BCUT2D eigenvalue weighted by atomic mass is 32.1. The Morgan fingerprint density at radius 3 is 2.74 bits per heavy atom. The minimum Gasteiger partial charge on any atom is -0.245 e. The van der Waals surface area contributed by atoms with Crippen molar-refractivity contribution >= 4 is 22.1 Å². The molecule has 0 saturated heterocycles. The van der Waals surface area contributed by atoms with Crippen LogP contribution >= 0.6 is 11.3 Å². The summed E-state index contributed by atoms with van der Waals surface area (Å²) in [7, 11) is 0. The first-order valence-corrected chi connectivity index (χ1v) is 6.92. The normalized spacial score (nSPS) is 10.5. The fourth-order valence-corrected chi connectivity index (χ4v) is 3.13. The van der Waals surface area contributed by atoms with Crippen molar-refractivity contribution in [1.29, 1.82) is 5.26 Å². The van der Waals surface area contributed by atoms with Crippen LogP contribution in [0.2, 0.25) is 0 Å². The zero-order valence-corrected chi connectivity index (χ0v) is 11.4. The third-order valence-electron chi connectivity index (χ3n) is 3.16. The standard InChI is InChI=1S/C16H12N2S/c1-11-15(10-17)19-16(18-11)9-13-7-4-6-12-5-2-3-8-14(12)13/h2-8H,9H2,1H3. The van der Waals surface area contributed by atoms with E-state index in [1.54, 1.807) is 0 Å². The summed E-state index contributed by atoms with van der Waals surface area (Å²) in [6.07, 6.45) is 0.786. The summed E-state index contributed by atoms with van der Waals surface area (Å²) in [5, 5.41) is 12.5. The Labute approximate surface area is 116 Å². The molecule has 0 fully saturated rings. The van der Waals surface area contributed by atoms with Crippen LogP contribution in [0.4, 0.5) is 0 Å². The summed E-state index contributed by atoms with van der Waals surface area (Å²) in [5.74, 6) is 0. The van der Waals surface area contributed by atoms with E-state index in [1.165, 1.54) is 27.7 Å². The molecule has 0 aliphatic rings. The van der Waals surface area contributed by atoms with Crippen molar-refractivity contribution in [1.82, 2.24) is 4.98 Å². The van der Waals surface area contributed by atoms with Gasteiger partial charge in [-0.3, -0.25) is 0 Å². The SMILES string of the molecule is Cc1nc(Cc2cccc3ccccc23)sc1C#N. The van der Waals surface area contributed by atoms with Crippen LogP contribution < -0.4 is 0 Å². The minimum atomic E-state index is 0.718. The van der Waals surface area contributed by atoms with Gasteiger partial charge in [0.25, 0.3) is 0 Å². The molecule has 0 bridgehead atoms. The van der Waals surface area contributed by atoms with Crippen LogP contribution in [0.1, 0.15) is 21.1 Å². The molecule has 0 radical (unpaired) electrons. The van der Waals surface area contributed by atoms with Gasteiger partial charge < -0.3 is 0 Å². The molecule has 19 heavy (non-hydrogen) atoms. The van der Waals surface area contributed by atoms with E-state index in [-0.39, 0.29) is 0 Å². The molecule has 2 nitrogen and oxygen atoms in total. The quantitative estimate of drug-likeness (QED) is 0.699. The number of aryl methyl sites for hydroxylation is 1. The molecule has 1 heterocycles. The van der Waals surface area contributed by atoms with Gasteiger partial charge in [0.2, 0.25) is 0 Å². The maximum Gasteiger partial charge on any atom is 0.127 e. The molecule has 3 aromatic rings. The smallest absolute Gasteiger partial charge is 0.127 e. The van der Waals surface area contributed by atoms with Gasteiger partial charge in [-0.05, 0) is 23.3 Å². The first-order chi connectivity index (χ1) is 9.28. The molecule has 3 heteroatoms. The van der Waals surface area contributed by atoms with Crippen LogP contribution in [-0.2, 0) is 6.42 Å². The van der Waals surface area contributed by atoms with Crippen molar-refractivity contribution in [3.8, 4) is 6.07 Å². The van der Waals surface area contributed by atoms with Crippen molar-refractivity contribution in [2.24, 2.45) is 0 Å². The van der Waals surface area contributed by atoms with Crippen molar-refractivity contribution in [3.05, 3.63) is 63.6 Å². The molecule has 0 amide bonds. The molecular weight excluding hydrogens is 252 g/mol. The predicted octanol–water partition coefficient (Wildman–Crippen LogP) is 4.07. The fraction of sp³-hybridized carbons (Fsp3) is 0.125. The second kappa shape index (κ2) is 4.83. The second-order valence-corrected chi connectivity index (χ2v) is 5.53.